The normalized spacial score (nSPS) is 22.1. The Morgan fingerprint density at radius 1 is 1.64 bits per heavy atom. The Bertz CT molecular complexity index is 251. The average Bonchev–Trinajstić information content (AvgIpc) is 2.40. The second-order valence-corrected chi connectivity index (χ2v) is 3.46. The molecule has 14 heavy (non-hydrogen) atoms. The molecule has 0 spiro atoms. The second-order valence-electron chi connectivity index (χ2n) is 3.46. The highest BCUT2D eigenvalue weighted by Crippen LogP contribution is 2.11. The zero-order valence-electron chi connectivity index (χ0n) is 8.45. The summed E-state index contributed by atoms with van der Waals surface area (Å²) in [6.07, 6.45) is 3.93. The predicted octanol–water partition coefficient (Wildman–Crippen LogP) is 0.299. The summed E-state index contributed by atoms with van der Waals surface area (Å²) < 4.78 is 0. The minimum Gasteiger partial charge on any atom is -0.354 e. The van der Waals surface area contributed by atoms with Crippen molar-refractivity contribution in [3.8, 4) is 0 Å². The van der Waals surface area contributed by atoms with Crippen LogP contribution in [-0.4, -0.2) is 36.3 Å². The minimum atomic E-state index is -0.331. The van der Waals surface area contributed by atoms with Gasteiger partial charge < -0.3 is 10.2 Å². The van der Waals surface area contributed by atoms with E-state index < -0.39 is 0 Å². The van der Waals surface area contributed by atoms with E-state index in [1.165, 1.54) is 11.0 Å². The fraction of sp³-hybridized carbons (Fsp3) is 0.600. The van der Waals surface area contributed by atoms with E-state index in [1.54, 1.807) is 7.05 Å². The molecule has 1 aliphatic heterocycles. The van der Waals surface area contributed by atoms with Crippen molar-refractivity contribution in [1.29, 1.82) is 0 Å². The molecule has 1 heterocycles. The van der Waals surface area contributed by atoms with E-state index in [0.29, 0.717) is 6.54 Å². The van der Waals surface area contributed by atoms with Gasteiger partial charge in [0.05, 0.1) is 0 Å². The van der Waals surface area contributed by atoms with E-state index >= 15 is 0 Å². The Morgan fingerprint density at radius 2 is 2.36 bits per heavy atom. The number of carbonyl (C=O) groups is 2. The van der Waals surface area contributed by atoms with E-state index in [4.69, 9.17) is 0 Å². The molecule has 0 bridgehead atoms. The van der Waals surface area contributed by atoms with E-state index in [1.807, 2.05) is 0 Å². The SMILES string of the molecule is C=CC(=O)N(C)[C@H]1CCCCNC1=O. The van der Waals surface area contributed by atoms with Crippen LogP contribution in [0.4, 0.5) is 0 Å². The molecular formula is C10H16N2O2. The van der Waals surface area contributed by atoms with Crippen LogP contribution in [0, 0.1) is 0 Å². The second kappa shape index (κ2) is 4.79. The van der Waals surface area contributed by atoms with Crippen molar-refractivity contribution in [2.24, 2.45) is 0 Å². The van der Waals surface area contributed by atoms with Crippen LogP contribution in [0.15, 0.2) is 12.7 Å². The fourth-order valence-electron chi connectivity index (χ4n) is 1.59. The summed E-state index contributed by atoms with van der Waals surface area (Å²) in [6.45, 7) is 4.12. The quantitative estimate of drug-likeness (QED) is 0.646. The van der Waals surface area contributed by atoms with Gasteiger partial charge in [-0.15, -0.1) is 0 Å². The first-order valence-electron chi connectivity index (χ1n) is 4.83. The monoisotopic (exact) mass is 196 g/mol. The van der Waals surface area contributed by atoms with Crippen molar-refractivity contribution in [3.05, 3.63) is 12.7 Å². The van der Waals surface area contributed by atoms with Crippen molar-refractivity contribution in [3.63, 3.8) is 0 Å². The third-order valence-corrected chi connectivity index (χ3v) is 2.50. The molecule has 0 aliphatic carbocycles. The summed E-state index contributed by atoms with van der Waals surface area (Å²) in [5.41, 5.74) is 0. The van der Waals surface area contributed by atoms with Gasteiger partial charge >= 0.3 is 0 Å². The van der Waals surface area contributed by atoms with Gasteiger partial charge in [0.15, 0.2) is 0 Å². The first kappa shape index (κ1) is 10.8. The van der Waals surface area contributed by atoms with Gasteiger partial charge in [-0.05, 0) is 25.3 Å². The summed E-state index contributed by atoms with van der Waals surface area (Å²) in [5.74, 6) is -0.257. The van der Waals surface area contributed by atoms with Gasteiger partial charge in [0.25, 0.3) is 0 Å². The summed E-state index contributed by atoms with van der Waals surface area (Å²) >= 11 is 0. The Labute approximate surface area is 84.0 Å². The average molecular weight is 196 g/mol. The van der Waals surface area contributed by atoms with Crippen LogP contribution in [0.25, 0.3) is 0 Å². The molecule has 0 aromatic heterocycles. The van der Waals surface area contributed by atoms with E-state index in [9.17, 15) is 9.59 Å². The molecule has 1 fully saturated rings. The van der Waals surface area contributed by atoms with Crippen LogP contribution < -0.4 is 5.32 Å². The molecule has 2 amide bonds. The van der Waals surface area contributed by atoms with Crippen LogP contribution in [-0.2, 0) is 9.59 Å². The lowest BCUT2D eigenvalue weighted by Gasteiger charge is -2.24. The number of hydrogen-bond acceptors (Lipinski definition) is 2. The molecule has 1 saturated heterocycles. The van der Waals surface area contributed by atoms with E-state index in [-0.39, 0.29) is 17.9 Å². The van der Waals surface area contributed by atoms with Gasteiger partial charge in [0.2, 0.25) is 11.8 Å². The van der Waals surface area contributed by atoms with Crippen LogP contribution in [0.1, 0.15) is 19.3 Å². The summed E-state index contributed by atoms with van der Waals surface area (Å²) in [5, 5.41) is 2.79. The first-order chi connectivity index (χ1) is 6.66. The van der Waals surface area contributed by atoms with Gasteiger partial charge in [-0.25, -0.2) is 0 Å². The van der Waals surface area contributed by atoms with Crippen molar-refractivity contribution in [1.82, 2.24) is 10.2 Å². The summed E-state index contributed by atoms with van der Waals surface area (Å²) in [6, 6.07) is -0.331. The molecule has 0 unspecified atom stereocenters. The van der Waals surface area contributed by atoms with Crippen LogP contribution in [0.5, 0.6) is 0 Å². The van der Waals surface area contributed by atoms with Gasteiger partial charge in [0, 0.05) is 13.6 Å². The Morgan fingerprint density at radius 3 is 3.00 bits per heavy atom. The molecule has 1 rings (SSSR count). The maximum Gasteiger partial charge on any atom is 0.246 e. The number of likely N-dealkylation sites (N-methyl/N-ethyl adjacent to an activating group) is 1. The zero-order chi connectivity index (χ0) is 10.6. The molecular weight excluding hydrogens is 180 g/mol. The highest BCUT2D eigenvalue weighted by Gasteiger charge is 2.26. The number of hydrogen-bond donors (Lipinski definition) is 1. The van der Waals surface area contributed by atoms with Gasteiger partial charge in [-0.1, -0.05) is 6.58 Å². The third-order valence-electron chi connectivity index (χ3n) is 2.50. The first-order valence-corrected chi connectivity index (χ1v) is 4.83. The Hall–Kier alpha value is -1.32. The van der Waals surface area contributed by atoms with Crippen LogP contribution >= 0.6 is 0 Å². The number of carbonyl (C=O) groups excluding carboxylic acids is 2. The zero-order valence-corrected chi connectivity index (χ0v) is 8.45. The van der Waals surface area contributed by atoms with Crippen molar-refractivity contribution < 1.29 is 9.59 Å². The smallest absolute Gasteiger partial charge is 0.246 e. The number of nitrogens with zero attached hydrogens (tertiary/aromatic N) is 1. The summed E-state index contributed by atoms with van der Waals surface area (Å²) in [4.78, 5) is 24.3. The highest BCUT2D eigenvalue weighted by molar-refractivity contribution is 5.92. The largest absolute Gasteiger partial charge is 0.354 e. The topological polar surface area (TPSA) is 49.4 Å². The van der Waals surface area contributed by atoms with E-state index in [0.717, 1.165) is 19.3 Å². The number of nitrogens with one attached hydrogen (secondary N) is 1. The lowest BCUT2D eigenvalue weighted by atomic mass is 10.1. The maximum absolute atomic E-state index is 11.5. The molecule has 1 atom stereocenters. The van der Waals surface area contributed by atoms with E-state index in [2.05, 4.69) is 11.9 Å². The standard InChI is InChI=1S/C10H16N2O2/c1-3-9(13)12(2)8-6-4-5-7-11-10(8)14/h3,8H,1,4-7H2,2H3,(H,11,14)/t8-/m0/s1. The van der Waals surface area contributed by atoms with Crippen LogP contribution in [0.3, 0.4) is 0 Å². The molecule has 1 aliphatic rings. The lowest BCUT2D eigenvalue weighted by Crippen LogP contribution is -2.46. The molecule has 0 radical (unpaired) electrons. The molecule has 1 N–H and O–H groups in total. The van der Waals surface area contributed by atoms with Gasteiger partial charge in [0.1, 0.15) is 6.04 Å². The number of rotatable bonds is 2. The van der Waals surface area contributed by atoms with Crippen molar-refractivity contribution in [2.75, 3.05) is 13.6 Å². The molecule has 78 valence electrons. The fourth-order valence-corrected chi connectivity index (χ4v) is 1.59. The minimum absolute atomic E-state index is 0.0554. The molecule has 0 aromatic rings. The molecule has 4 heteroatoms. The predicted molar refractivity (Wildman–Crippen MR) is 53.6 cm³/mol. The summed E-state index contributed by atoms with van der Waals surface area (Å²) in [7, 11) is 1.64. The van der Waals surface area contributed by atoms with Crippen molar-refractivity contribution in [2.45, 2.75) is 25.3 Å². The van der Waals surface area contributed by atoms with Crippen LogP contribution in [0.2, 0.25) is 0 Å². The Balaban J connectivity index is 2.67. The van der Waals surface area contributed by atoms with Gasteiger partial charge in [-0.2, -0.15) is 0 Å². The highest BCUT2D eigenvalue weighted by atomic mass is 16.2. The molecule has 0 aromatic carbocycles. The molecule has 0 saturated carbocycles. The van der Waals surface area contributed by atoms with Gasteiger partial charge in [-0.3, -0.25) is 9.59 Å². The van der Waals surface area contributed by atoms with Crippen molar-refractivity contribution >= 4 is 11.8 Å². The molecule has 4 nitrogen and oxygen atoms in total. The Kier molecular flexibility index (Phi) is 3.68. The number of amides is 2. The lowest BCUT2D eigenvalue weighted by molar-refractivity contribution is -0.135. The maximum atomic E-state index is 11.5. The third kappa shape index (κ3) is 2.34.